The van der Waals surface area contributed by atoms with E-state index in [0.29, 0.717) is 0 Å². The minimum absolute atomic E-state index is 0.0428. The van der Waals surface area contributed by atoms with Gasteiger partial charge in [-0.3, -0.25) is 30.4 Å². The summed E-state index contributed by atoms with van der Waals surface area (Å²) >= 11 is 0. The molecule has 2 rings (SSSR count). The number of nitrogens with zero attached hydrogens (tertiary/aromatic N) is 4. The Labute approximate surface area is 118 Å². The van der Waals surface area contributed by atoms with Crippen molar-refractivity contribution in [3.8, 4) is 0 Å². The first-order chi connectivity index (χ1) is 9.85. The van der Waals surface area contributed by atoms with Gasteiger partial charge in [0.25, 0.3) is 0 Å². The lowest BCUT2D eigenvalue weighted by atomic mass is 10.2. The number of rotatable bonds is 3. The molecule has 0 radical (unpaired) electrons. The van der Waals surface area contributed by atoms with E-state index in [4.69, 9.17) is 5.84 Å². The van der Waals surface area contributed by atoms with Gasteiger partial charge in [0, 0.05) is 0 Å². The van der Waals surface area contributed by atoms with Crippen molar-refractivity contribution in [2.45, 2.75) is 19.9 Å². The molecule has 1 saturated heterocycles. The molecule has 0 saturated carbocycles. The summed E-state index contributed by atoms with van der Waals surface area (Å²) in [6.07, 6.45) is 0. The van der Waals surface area contributed by atoms with Gasteiger partial charge < -0.3 is 4.90 Å². The standard InChI is InChI=1S/C10H13N7O4/c1-4-7(17(20)21)8(14-10(12-4)15-11)16-3-6(18)13-9(19)5(16)2/h5H,3,11H2,1-2H3,(H,12,14,15)(H,13,18,19). The number of hydrogen-bond donors (Lipinski definition) is 3. The van der Waals surface area contributed by atoms with Crippen LogP contribution in [-0.4, -0.2) is 39.3 Å². The normalized spacial score (nSPS) is 18.4. The predicted molar refractivity (Wildman–Crippen MR) is 71.2 cm³/mol. The van der Waals surface area contributed by atoms with Gasteiger partial charge in [0.05, 0.1) is 11.5 Å². The minimum Gasteiger partial charge on any atom is -0.330 e. The minimum atomic E-state index is -0.790. The van der Waals surface area contributed by atoms with Gasteiger partial charge in [-0.15, -0.1) is 0 Å². The highest BCUT2D eigenvalue weighted by atomic mass is 16.6. The molecular formula is C10H13N7O4. The van der Waals surface area contributed by atoms with Crippen LogP contribution in [0, 0.1) is 17.0 Å². The average Bonchev–Trinajstić information content (AvgIpc) is 2.41. The number of hydrazine groups is 1. The number of carbonyl (C=O) groups is 2. The number of aromatic nitrogens is 2. The lowest BCUT2D eigenvalue weighted by Gasteiger charge is -2.32. The molecule has 112 valence electrons. The topological polar surface area (TPSA) is 156 Å². The first-order valence-corrected chi connectivity index (χ1v) is 5.95. The Hall–Kier alpha value is -2.82. The van der Waals surface area contributed by atoms with Crippen LogP contribution >= 0.6 is 0 Å². The first kappa shape index (κ1) is 14.6. The molecule has 0 aromatic carbocycles. The van der Waals surface area contributed by atoms with E-state index >= 15 is 0 Å². The summed E-state index contributed by atoms with van der Waals surface area (Å²) < 4.78 is 0. The number of nitrogen functional groups attached to an aromatic ring is 1. The molecular weight excluding hydrogens is 282 g/mol. The molecule has 11 heteroatoms. The van der Waals surface area contributed by atoms with Crippen LogP contribution in [0.2, 0.25) is 0 Å². The number of hydrogen-bond acceptors (Lipinski definition) is 9. The van der Waals surface area contributed by atoms with Gasteiger partial charge in [-0.05, 0) is 13.8 Å². The molecule has 0 spiro atoms. The smallest absolute Gasteiger partial charge is 0.330 e. The number of amides is 2. The van der Waals surface area contributed by atoms with Gasteiger partial charge in [0.2, 0.25) is 23.6 Å². The summed E-state index contributed by atoms with van der Waals surface area (Å²) in [5, 5.41) is 13.4. The van der Waals surface area contributed by atoms with Crippen LogP contribution in [0.3, 0.4) is 0 Å². The maximum Gasteiger partial charge on any atom is 0.332 e. The van der Waals surface area contributed by atoms with Gasteiger partial charge >= 0.3 is 5.69 Å². The summed E-state index contributed by atoms with van der Waals surface area (Å²) in [5.74, 6) is 3.93. The Morgan fingerprint density at radius 3 is 2.71 bits per heavy atom. The highest BCUT2D eigenvalue weighted by Gasteiger charge is 2.36. The summed E-state index contributed by atoms with van der Waals surface area (Å²) in [5.41, 5.74) is 1.89. The molecule has 11 nitrogen and oxygen atoms in total. The lowest BCUT2D eigenvalue weighted by molar-refractivity contribution is -0.385. The molecule has 1 aromatic rings. The predicted octanol–water partition coefficient (Wildman–Crippen LogP) is -1.17. The van der Waals surface area contributed by atoms with E-state index in [1.54, 1.807) is 0 Å². The van der Waals surface area contributed by atoms with Crippen LogP contribution in [0.1, 0.15) is 12.6 Å². The van der Waals surface area contributed by atoms with E-state index in [2.05, 4.69) is 20.7 Å². The van der Waals surface area contributed by atoms with Gasteiger partial charge in [0.15, 0.2) is 0 Å². The number of piperazine rings is 1. The number of nitrogens with one attached hydrogen (secondary N) is 2. The third kappa shape index (κ3) is 2.58. The molecule has 21 heavy (non-hydrogen) atoms. The maximum absolute atomic E-state index is 11.7. The number of aryl methyl sites for hydroxylation is 1. The number of anilines is 2. The van der Waals surface area contributed by atoms with E-state index < -0.39 is 22.8 Å². The van der Waals surface area contributed by atoms with Crippen molar-refractivity contribution in [2.24, 2.45) is 5.84 Å². The second kappa shape index (κ2) is 5.28. The third-order valence-electron chi connectivity index (χ3n) is 3.05. The molecule has 1 atom stereocenters. The summed E-state index contributed by atoms with van der Waals surface area (Å²) in [6.45, 7) is 2.70. The Kier molecular flexibility index (Phi) is 3.67. The van der Waals surface area contributed by atoms with Crippen LogP contribution in [0.5, 0.6) is 0 Å². The fraction of sp³-hybridized carbons (Fsp3) is 0.400. The number of carbonyl (C=O) groups excluding carboxylic acids is 2. The molecule has 0 aliphatic carbocycles. The van der Waals surface area contributed by atoms with E-state index in [1.165, 1.54) is 18.7 Å². The van der Waals surface area contributed by atoms with Gasteiger partial charge in [0.1, 0.15) is 11.7 Å². The van der Waals surface area contributed by atoms with Crippen LogP contribution in [0.4, 0.5) is 17.5 Å². The largest absolute Gasteiger partial charge is 0.332 e. The molecule has 4 N–H and O–H groups in total. The van der Waals surface area contributed by atoms with E-state index in [-0.39, 0.29) is 29.7 Å². The maximum atomic E-state index is 11.7. The Morgan fingerprint density at radius 1 is 1.48 bits per heavy atom. The summed E-state index contributed by atoms with van der Waals surface area (Å²) in [6, 6.07) is -0.790. The third-order valence-corrected chi connectivity index (χ3v) is 3.05. The summed E-state index contributed by atoms with van der Waals surface area (Å²) in [7, 11) is 0. The van der Waals surface area contributed by atoms with Crippen LogP contribution in [-0.2, 0) is 9.59 Å². The van der Waals surface area contributed by atoms with Crippen molar-refractivity contribution < 1.29 is 14.5 Å². The van der Waals surface area contributed by atoms with Gasteiger partial charge in [-0.2, -0.15) is 4.98 Å². The number of imide groups is 1. The van der Waals surface area contributed by atoms with Crippen LogP contribution < -0.4 is 21.5 Å². The zero-order chi connectivity index (χ0) is 15.7. The molecule has 1 aliphatic heterocycles. The lowest BCUT2D eigenvalue weighted by Crippen LogP contribution is -2.57. The number of nitrogens with two attached hydrogens (primary N) is 1. The van der Waals surface area contributed by atoms with Gasteiger partial charge in [-0.1, -0.05) is 0 Å². The van der Waals surface area contributed by atoms with E-state index in [1.807, 2.05) is 0 Å². The Morgan fingerprint density at radius 2 is 2.14 bits per heavy atom. The van der Waals surface area contributed by atoms with E-state index in [9.17, 15) is 19.7 Å². The van der Waals surface area contributed by atoms with Crippen molar-refractivity contribution in [2.75, 3.05) is 16.9 Å². The first-order valence-electron chi connectivity index (χ1n) is 5.95. The van der Waals surface area contributed by atoms with Crippen molar-refractivity contribution in [3.05, 3.63) is 15.8 Å². The highest BCUT2D eigenvalue weighted by Crippen LogP contribution is 2.31. The molecule has 0 bridgehead atoms. The SMILES string of the molecule is Cc1nc(NN)nc(N2CC(=O)NC(=O)C2C)c1[N+](=O)[O-]. The zero-order valence-electron chi connectivity index (χ0n) is 11.3. The van der Waals surface area contributed by atoms with Crippen molar-refractivity contribution >= 4 is 29.3 Å². The Balaban J connectivity index is 2.60. The molecule has 2 amide bonds. The second-order valence-electron chi connectivity index (χ2n) is 4.42. The van der Waals surface area contributed by atoms with Crippen LogP contribution in [0.25, 0.3) is 0 Å². The molecule has 1 aliphatic rings. The van der Waals surface area contributed by atoms with E-state index in [0.717, 1.165) is 0 Å². The molecule has 1 aromatic heterocycles. The second-order valence-corrected chi connectivity index (χ2v) is 4.42. The average molecular weight is 295 g/mol. The fourth-order valence-electron chi connectivity index (χ4n) is 2.00. The van der Waals surface area contributed by atoms with Crippen molar-refractivity contribution in [1.82, 2.24) is 15.3 Å². The molecule has 2 heterocycles. The number of nitro groups is 1. The Bertz CT molecular complexity index is 632. The monoisotopic (exact) mass is 295 g/mol. The summed E-state index contributed by atoms with van der Waals surface area (Å²) in [4.78, 5) is 42.7. The fourth-order valence-corrected chi connectivity index (χ4v) is 2.00. The zero-order valence-corrected chi connectivity index (χ0v) is 11.3. The van der Waals surface area contributed by atoms with Crippen molar-refractivity contribution in [1.29, 1.82) is 0 Å². The van der Waals surface area contributed by atoms with Gasteiger partial charge in [-0.25, -0.2) is 10.8 Å². The quantitative estimate of drug-likeness (QED) is 0.270. The highest BCUT2D eigenvalue weighted by molar-refractivity contribution is 6.04. The van der Waals surface area contributed by atoms with Crippen LogP contribution in [0.15, 0.2) is 0 Å². The molecule has 1 unspecified atom stereocenters. The van der Waals surface area contributed by atoms with Crippen molar-refractivity contribution in [3.63, 3.8) is 0 Å². The molecule has 1 fully saturated rings.